The van der Waals surface area contributed by atoms with Gasteiger partial charge in [0.2, 0.25) is 0 Å². The van der Waals surface area contributed by atoms with Gasteiger partial charge in [0.05, 0.1) is 0 Å². The number of carbonyl (C=O) groups excluding carboxylic acids is 1. The van der Waals surface area contributed by atoms with Crippen LogP contribution in [0.4, 0.5) is 0 Å². The summed E-state index contributed by atoms with van der Waals surface area (Å²) in [4.78, 5) is 11.1. The van der Waals surface area contributed by atoms with Gasteiger partial charge in [-0.1, -0.05) is 18.2 Å². The van der Waals surface area contributed by atoms with Gasteiger partial charge in [0.25, 0.3) is 5.91 Å². The number of amides is 1. The van der Waals surface area contributed by atoms with Crippen molar-refractivity contribution < 1.29 is 9.90 Å². The van der Waals surface area contributed by atoms with E-state index in [2.05, 4.69) is 0 Å². The van der Waals surface area contributed by atoms with E-state index in [-0.39, 0.29) is 0 Å². The maximum Gasteiger partial charge on any atom is 0.250 e. The minimum atomic E-state index is -1.21. The molecule has 0 fully saturated rings. The van der Waals surface area contributed by atoms with E-state index in [1.54, 1.807) is 6.07 Å². The van der Waals surface area contributed by atoms with Crippen LogP contribution in [0.1, 0.15) is 41.6 Å². The molecule has 0 aliphatic heterocycles. The number of hydrogen-bond acceptors (Lipinski definition) is 3. The van der Waals surface area contributed by atoms with Crippen molar-refractivity contribution in [2.75, 3.05) is 6.54 Å². The van der Waals surface area contributed by atoms with Crippen molar-refractivity contribution >= 4 is 5.91 Å². The monoisotopic (exact) mass is 234 g/mol. The molecule has 17 heavy (non-hydrogen) atoms. The molecular formula is C13H18N2O2. The highest BCUT2D eigenvalue weighted by Crippen LogP contribution is 2.34. The molecule has 0 saturated heterocycles. The summed E-state index contributed by atoms with van der Waals surface area (Å²) in [5.74, 6) is -0.368. The maximum absolute atomic E-state index is 11.1. The Morgan fingerprint density at radius 3 is 2.94 bits per heavy atom. The summed E-state index contributed by atoms with van der Waals surface area (Å²) in [5.41, 5.74) is 13.8. The molecule has 0 heterocycles. The lowest BCUT2D eigenvalue weighted by atomic mass is 9.80. The van der Waals surface area contributed by atoms with Crippen LogP contribution < -0.4 is 11.5 Å². The molecule has 1 amide bonds. The van der Waals surface area contributed by atoms with Crippen LogP contribution in [0.15, 0.2) is 18.2 Å². The van der Waals surface area contributed by atoms with Gasteiger partial charge >= 0.3 is 0 Å². The fourth-order valence-electron chi connectivity index (χ4n) is 2.63. The van der Waals surface area contributed by atoms with Crippen LogP contribution in [-0.4, -0.2) is 17.6 Å². The number of fused-ring (bicyclic) bond motifs is 1. The van der Waals surface area contributed by atoms with E-state index in [9.17, 15) is 9.90 Å². The van der Waals surface area contributed by atoms with Crippen LogP contribution in [-0.2, 0) is 11.2 Å². The molecule has 2 atom stereocenters. The summed E-state index contributed by atoms with van der Waals surface area (Å²) < 4.78 is 0. The molecule has 2 rings (SSSR count). The minimum absolute atomic E-state index is 0.332. The Bertz CT molecular complexity index is 431. The zero-order valence-corrected chi connectivity index (χ0v) is 9.73. The molecule has 0 saturated carbocycles. The predicted octanol–water partition coefficient (Wildman–Crippen LogP) is 0.584. The largest absolute Gasteiger partial charge is 0.378 e. The SMILES string of the molecule is NCC1CCCc2c1cccc2C(O)C(N)=O. The first kappa shape index (κ1) is 12.1. The number of hydrogen-bond donors (Lipinski definition) is 3. The molecule has 4 nitrogen and oxygen atoms in total. The third kappa shape index (κ3) is 2.18. The summed E-state index contributed by atoms with van der Waals surface area (Å²) in [6, 6.07) is 5.66. The van der Waals surface area contributed by atoms with E-state index in [1.165, 1.54) is 0 Å². The van der Waals surface area contributed by atoms with Crippen LogP contribution in [0.5, 0.6) is 0 Å². The molecule has 5 N–H and O–H groups in total. The predicted molar refractivity (Wildman–Crippen MR) is 65.3 cm³/mol. The van der Waals surface area contributed by atoms with Crippen LogP contribution in [0.25, 0.3) is 0 Å². The van der Waals surface area contributed by atoms with Crippen LogP contribution in [0.2, 0.25) is 0 Å². The number of nitrogens with two attached hydrogens (primary N) is 2. The molecule has 0 radical (unpaired) electrons. The molecule has 2 unspecified atom stereocenters. The fourth-order valence-corrected chi connectivity index (χ4v) is 2.63. The van der Waals surface area contributed by atoms with Gasteiger partial charge in [-0.2, -0.15) is 0 Å². The lowest BCUT2D eigenvalue weighted by Crippen LogP contribution is -2.25. The third-order valence-electron chi connectivity index (χ3n) is 3.52. The van der Waals surface area contributed by atoms with Gasteiger partial charge in [-0.05, 0) is 48.4 Å². The average molecular weight is 234 g/mol. The minimum Gasteiger partial charge on any atom is -0.378 e. The van der Waals surface area contributed by atoms with Crippen molar-refractivity contribution in [2.45, 2.75) is 31.3 Å². The van der Waals surface area contributed by atoms with Gasteiger partial charge in [0.1, 0.15) is 0 Å². The number of aliphatic hydroxyl groups is 1. The van der Waals surface area contributed by atoms with Gasteiger partial charge in [-0.3, -0.25) is 4.79 Å². The first-order valence-electron chi connectivity index (χ1n) is 5.94. The molecule has 0 aromatic heterocycles. The van der Waals surface area contributed by atoms with Gasteiger partial charge in [0, 0.05) is 0 Å². The van der Waals surface area contributed by atoms with Crippen molar-refractivity contribution in [1.29, 1.82) is 0 Å². The Balaban J connectivity index is 2.45. The zero-order chi connectivity index (χ0) is 12.4. The third-order valence-corrected chi connectivity index (χ3v) is 3.52. The summed E-state index contributed by atoms with van der Waals surface area (Å²) in [7, 11) is 0. The normalized spacial score (nSPS) is 20.7. The molecule has 1 aromatic carbocycles. The van der Waals surface area contributed by atoms with Crippen molar-refractivity contribution in [2.24, 2.45) is 11.5 Å². The second-order valence-electron chi connectivity index (χ2n) is 4.54. The summed E-state index contributed by atoms with van der Waals surface area (Å²) >= 11 is 0. The number of primary amides is 1. The van der Waals surface area contributed by atoms with Gasteiger partial charge in [0.15, 0.2) is 6.10 Å². The zero-order valence-electron chi connectivity index (χ0n) is 9.73. The maximum atomic E-state index is 11.1. The molecule has 0 bridgehead atoms. The van der Waals surface area contributed by atoms with Crippen molar-refractivity contribution in [3.8, 4) is 0 Å². The molecule has 1 aliphatic rings. The van der Waals surface area contributed by atoms with E-state index in [0.717, 1.165) is 30.4 Å². The Kier molecular flexibility index (Phi) is 3.45. The number of aliphatic hydroxyl groups excluding tert-OH is 1. The van der Waals surface area contributed by atoms with E-state index in [1.807, 2.05) is 12.1 Å². The van der Waals surface area contributed by atoms with Gasteiger partial charge < -0.3 is 16.6 Å². The average Bonchev–Trinajstić information content (AvgIpc) is 2.36. The molecular weight excluding hydrogens is 216 g/mol. The van der Waals surface area contributed by atoms with Crippen molar-refractivity contribution in [1.82, 2.24) is 0 Å². The first-order valence-corrected chi connectivity index (χ1v) is 5.94. The lowest BCUT2D eigenvalue weighted by Gasteiger charge is -2.27. The summed E-state index contributed by atoms with van der Waals surface area (Å²) in [6.45, 7) is 0.600. The van der Waals surface area contributed by atoms with Crippen molar-refractivity contribution in [3.63, 3.8) is 0 Å². The second kappa shape index (κ2) is 4.85. The highest BCUT2D eigenvalue weighted by Gasteiger charge is 2.25. The van der Waals surface area contributed by atoms with Crippen LogP contribution in [0, 0.1) is 0 Å². The van der Waals surface area contributed by atoms with Gasteiger partial charge in [-0.15, -0.1) is 0 Å². The molecule has 4 heteroatoms. The Morgan fingerprint density at radius 2 is 2.29 bits per heavy atom. The standard InChI is InChI=1S/C13H18N2O2/c14-7-8-3-1-5-10-9(8)4-2-6-11(10)12(16)13(15)17/h2,4,6,8,12,16H,1,3,5,7,14H2,(H2,15,17). The molecule has 1 aromatic rings. The highest BCUT2D eigenvalue weighted by molar-refractivity contribution is 5.80. The summed E-state index contributed by atoms with van der Waals surface area (Å²) in [5, 5.41) is 9.81. The Morgan fingerprint density at radius 1 is 1.53 bits per heavy atom. The van der Waals surface area contributed by atoms with E-state index in [0.29, 0.717) is 18.0 Å². The highest BCUT2D eigenvalue weighted by atomic mass is 16.3. The second-order valence-corrected chi connectivity index (χ2v) is 4.54. The number of rotatable bonds is 3. The van der Waals surface area contributed by atoms with Crippen LogP contribution >= 0.6 is 0 Å². The van der Waals surface area contributed by atoms with E-state index < -0.39 is 12.0 Å². The molecule has 1 aliphatic carbocycles. The quantitative estimate of drug-likeness (QED) is 0.714. The first-order chi connectivity index (χ1) is 8.15. The van der Waals surface area contributed by atoms with Crippen molar-refractivity contribution in [3.05, 3.63) is 34.9 Å². The van der Waals surface area contributed by atoms with Crippen LogP contribution in [0.3, 0.4) is 0 Å². The van der Waals surface area contributed by atoms with Gasteiger partial charge in [-0.25, -0.2) is 0 Å². The fraction of sp³-hybridized carbons (Fsp3) is 0.462. The lowest BCUT2D eigenvalue weighted by molar-refractivity contribution is -0.126. The number of carbonyl (C=O) groups is 1. The van der Waals surface area contributed by atoms with E-state index >= 15 is 0 Å². The summed E-state index contributed by atoms with van der Waals surface area (Å²) in [6.07, 6.45) is 1.78. The number of benzene rings is 1. The molecule has 0 spiro atoms. The Labute approximate surface area is 101 Å². The smallest absolute Gasteiger partial charge is 0.250 e. The topological polar surface area (TPSA) is 89.3 Å². The Hall–Kier alpha value is -1.39. The molecule has 92 valence electrons. The van der Waals surface area contributed by atoms with E-state index in [4.69, 9.17) is 11.5 Å².